The summed E-state index contributed by atoms with van der Waals surface area (Å²) in [6, 6.07) is 14.4. The van der Waals surface area contributed by atoms with Crippen molar-refractivity contribution in [2.24, 2.45) is 5.92 Å². The van der Waals surface area contributed by atoms with E-state index in [0.717, 1.165) is 24.0 Å². The molecule has 0 unspecified atom stereocenters. The molecule has 2 amide bonds. The average Bonchev–Trinajstić information content (AvgIpc) is 3.25. The Bertz CT molecular complexity index is 1080. The van der Waals surface area contributed by atoms with Gasteiger partial charge in [-0.15, -0.1) is 0 Å². The minimum absolute atomic E-state index is 0.120. The fourth-order valence-electron chi connectivity index (χ4n) is 3.63. The van der Waals surface area contributed by atoms with E-state index >= 15 is 0 Å². The average molecular weight is 424 g/mol. The monoisotopic (exact) mass is 423 g/mol. The highest BCUT2D eigenvalue weighted by Gasteiger charge is 2.30. The number of anilines is 1. The molecule has 1 aliphatic heterocycles. The number of hydrogen-bond donors (Lipinski definition) is 1. The van der Waals surface area contributed by atoms with Crippen molar-refractivity contribution in [1.82, 2.24) is 9.88 Å². The lowest BCUT2D eigenvalue weighted by atomic mass is 9.97. The number of likely N-dealkylation sites (tertiary alicyclic amines) is 1. The van der Waals surface area contributed by atoms with E-state index < -0.39 is 0 Å². The molecule has 2 aromatic heterocycles. The van der Waals surface area contributed by atoms with Gasteiger partial charge in [-0.1, -0.05) is 29.8 Å². The molecule has 1 aromatic carbocycles. The highest BCUT2D eigenvalue weighted by Crippen LogP contribution is 2.30. The van der Waals surface area contributed by atoms with Crippen LogP contribution in [-0.4, -0.2) is 34.8 Å². The molecule has 30 heavy (non-hydrogen) atoms. The largest absolute Gasteiger partial charge is 0.451 e. The molecule has 4 rings (SSSR count). The Labute approximate surface area is 179 Å². The molecule has 1 atom stereocenters. The number of hydrogen-bond acceptors (Lipinski definition) is 4. The van der Waals surface area contributed by atoms with Crippen LogP contribution in [-0.2, 0) is 4.79 Å². The summed E-state index contributed by atoms with van der Waals surface area (Å²) in [6.45, 7) is 2.83. The van der Waals surface area contributed by atoms with Crippen molar-refractivity contribution in [2.75, 3.05) is 18.4 Å². The molecule has 1 N–H and O–H groups in total. The maximum absolute atomic E-state index is 13.0. The summed E-state index contributed by atoms with van der Waals surface area (Å²) in [4.78, 5) is 31.6. The van der Waals surface area contributed by atoms with Crippen molar-refractivity contribution >= 4 is 29.2 Å². The zero-order valence-corrected chi connectivity index (χ0v) is 17.4. The van der Waals surface area contributed by atoms with Crippen LogP contribution in [0.4, 0.5) is 5.82 Å². The van der Waals surface area contributed by atoms with Gasteiger partial charge >= 0.3 is 0 Å². The predicted molar refractivity (Wildman–Crippen MR) is 115 cm³/mol. The molecule has 0 spiro atoms. The number of furan rings is 1. The van der Waals surface area contributed by atoms with E-state index in [9.17, 15) is 9.59 Å². The smallest absolute Gasteiger partial charge is 0.289 e. The van der Waals surface area contributed by atoms with Gasteiger partial charge in [0.1, 0.15) is 11.6 Å². The summed E-state index contributed by atoms with van der Waals surface area (Å²) < 4.78 is 5.79. The fourth-order valence-corrected chi connectivity index (χ4v) is 3.85. The van der Waals surface area contributed by atoms with Gasteiger partial charge in [0.25, 0.3) is 5.91 Å². The van der Waals surface area contributed by atoms with Crippen LogP contribution in [0.5, 0.6) is 0 Å². The lowest BCUT2D eigenvalue weighted by Crippen LogP contribution is -2.43. The predicted octanol–water partition coefficient (Wildman–Crippen LogP) is 4.79. The first-order valence-corrected chi connectivity index (χ1v) is 10.3. The van der Waals surface area contributed by atoms with Crippen LogP contribution in [0.2, 0.25) is 5.02 Å². The Morgan fingerprint density at radius 2 is 2.00 bits per heavy atom. The lowest BCUT2D eigenvalue weighted by molar-refractivity contribution is -0.121. The summed E-state index contributed by atoms with van der Waals surface area (Å²) in [5.74, 6) is 0.709. The van der Waals surface area contributed by atoms with Crippen molar-refractivity contribution in [3.8, 4) is 11.3 Å². The number of aromatic nitrogens is 1. The van der Waals surface area contributed by atoms with Crippen molar-refractivity contribution in [3.05, 3.63) is 71.1 Å². The number of benzene rings is 1. The molecule has 3 aromatic rings. The van der Waals surface area contributed by atoms with Gasteiger partial charge in [0.05, 0.1) is 10.9 Å². The van der Waals surface area contributed by atoms with E-state index in [1.54, 1.807) is 29.3 Å². The second-order valence-corrected chi connectivity index (χ2v) is 7.80. The Morgan fingerprint density at radius 1 is 1.17 bits per heavy atom. The van der Waals surface area contributed by atoms with Crippen LogP contribution in [0, 0.1) is 12.8 Å². The zero-order chi connectivity index (χ0) is 21.1. The Hall–Kier alpha value is -3.12. The number of nitrogens with one attached hydrogen (secondary N) is 1. The van der Waals surface area contributed by atoms with Gasteiger partial charge in [-0.3, -0.25) is 9.59 Å². The molecule has 0 aliphatic carbocycles. The third-order valence-corrected chi connectivity index (χ3v) is 5.62. The SMILES string of the molecule is Cc1cccnc1NC(=O)[C@@H]1CCCN(C(=O)c2ccc(-c3ccccc3Cl)o2)C1. The molecule has 0 saturated carbocycles. The van der Waals surface area contributed by atoms with Gasteiger partial charge in [-0.25, -0.2) is 4.98 Å². The van der Waals surface area contributed by atoms with E-state index in [-0.39, 0.29) is 23.5 Å². The van der Waals surface area contributed by atoms with Gasteiger partial charge in [0, 0.05) is 24.8 Å². The van der Waals surface area contributed by atoms with Crippen molar-refractivity contribution in [3.63, 3.8) is 0 Å². The Kier molecular flexibility index (Phi) is 5.86. The number of aryl methyl sites for hydroxylation is 1. The first-order chi connectivity index (χ1) is 14.5. The van der Waals surface area contributed by atoms with Crippen LogP contribution in [0.1, 0.15) is 29.0 Å². The van der Waals surface area contributed by atoms with E-state index in [4.69, 9.17) is 16.0 Å². The number of piperidine rings is 1. The van der Waals surface area contributed by atoms with Gasteiger partial charge in [0.15, 0.2) is 5.76 Å². The molecule has 1 fully saturated rings. The van der Waals surface area contributed by atoms with E-state index in [2.05, 4.69) is 10.3 Å². The molecule has 154 valence electrons. The second-order valence-electron chi connectivity index (χ2n) is 7.39. The van der Waals surface area contributed by atoms with Crippen LogP contribution in [0.25, 0.3) is 11.3 Å². The number of halogens is 1. The quantitative estimate of drug-likeness (QED) is 0.654. The Balaban J connectivity index is 1.44. The number of nitrogens with zero attached hydrogens (tertiary/aromatic N) is 2. The van der Waals surface area contributed by atoms with Gasteiger partial charge < -0.3 is 14.6 Å². The third-order valence-electron chi connectivity index (χ3n) is 5.29. The maximum atomic E-state index is 13.0. The van der Waals surface area contributed by atoms with Crippen LogP contribution >= 0.6 is 11.6 Å². The number of pyridine rings is 1. The molecule has 3 heterocycles. The lowest BCUT2D eigenvalue weighted by Gasteiger charge is -2.31. The molecule has 0 radical (unpaired) electrons. The molecule has 0 bridgehead atoms. The molecular weight excluding hydrogens is 402 g/mol. The third kappa shape index (κ3) is 4.24. The first-order valence-electron chi connectivity index (χ1n) is 9.89. The number of carbonyl (C=O) groups excluding carboxylic acids is 2. The van der Waals surface area contributed by atoms with Crippen molar-refractivity contribution < 1.29 is 14.0 Å². The molecule has 7 heteroatoms. The summed E-state index contributed by atoms with van der Waals surface area (Å²) >= 11 is 6.22. The molecule has 6 nitrogen and oxygen atoms in total. The van der Waals surface area contributed by atoms with Gasteiger partial charge in [-0.2, -0.15) is 0 Å². The number of amides is 2. The minimum Gasteiger partial charge on any atom is -0.451 e. The van der Waals surface area contributed by atoms with E-state index in [1.807, 2.05) is 37.3 Å². The fraction of sp³-hybridized carbons (Fsp3) is 0.261. The molecule has 1 aliphatic rings. The standard InChI is InChI=1S/C23H22ClN3O3/c1-15-6-4-12-25-21(15)26-22(28)16-7-5-13-27(14-16)23(29)20-11-10-19(30-20)17-8-2-3-9-18(17)24/h2-4,6,8-12,16H,5,7,13-14H2,1H3,(H,25,26,28)/t16-/m1/s1. The highest BCUT2D eigenvalue weighted by atomic mass is 35.5. The highest BCUT2D eigenvalue weighted by molar-refractivity contribution is 6.33. The molecular formula is C23H22ClN3O3. The van der Waals surface area contributed by atoms with Gasteiger partial charge in [-0.05, 0) is 55.7 Å². The van der Waals surface area contributed by atoms with Crippen LogP contribution < -0.4 is 5.32 Å². The molecule has 1 saturated heterocycles. The van der Waals surface area contributed by atoms with Crippen LogP contribution in [0.3, 0.4) is 0 Å². The Morgan fingerprint density at radius 3 is 2.80 bits per heavy atom. The van der Waals surface area contributed by atoms with Crippen LogP contribution in [0.15, 0.2) is 59.1 Å². The van der Waals surface area contributed by atoms with E-state index in [0.29, 0.717) is 29.7 Å². The zero-order valence-electron chi connectivity index (χ0n) is 16.6. The van der Waals surface area contributed by atoms with Gasteiger partial charge in [0.2, 0.25) is 5.91 Å². The van der Waals surface area contributed by atoms with Crippen molar-refractivity contribution in [1.29, 1.82) is 0 Å². The summed E-state index contributed by atoms with van der Waals surface area (Å²) in [7, 11) is 0. The second kappa shape index (κ2) is 8.71. The maximum Gasteiger partial charge on any atom is 0.289 e. The normalized spacial score (nSPS) is 16.3. The summed E-state index contributed by atoms with van der Waals surface area (Å²) in [5.41, 5.74) is 1.64. The first kappa shape index (κ1) is 20.2. The summed E-state index contributed by atoms with van der Waals surface area (Å²) in [5, 5.41) is 3.45. The summed E-state index contributed by atoms with van der Waals surface area (Å²) in [6.07, 6.45) is 3.13. The number of rotatable bonds is 4. The van der Waals surface area contributed by atoms with Crippen molar-refractivity contribution in [2.45, 2.75) is 19.8 Å². The number of carbonyl (C=O) groups is 2. The minimum atomic E-state index is -0.290. The topological polar surface area (TPSA) is 75.4 Å². The van der Waals surface area contributed by atoms with E-state index in [1.165, 1.54) is 0 Å².